The summed E-state index contributed by atoms with van der Waals surface area (Å²) in [5.74, 6) is 1.43. The Hall–Kier alpha value is -3.60. The average Bonchev–Trinajstić information content (AvgIpc) is 2.74. The van der Waals surface area contributed by atoms with Gasteiger partial charge in [0.25, 0.3) is 0 Å². The first kappa shape index (κ1) is 15.9. The summed E-state index contributed by atoms with van der Waals surface area (Å²) in [4.78, 5) is 17.6. The Bertz CT molecular complexity index is 915. The van der Waals surface area contributed by atoms with Gasteiger partial charge in [0.1, 0.15) is 5.82 Å². The summed E-state index contributed by atoms with van der Waals surface area (Å²) in [7, 11) is 0. The van der Waals surface area contributed by atoms with Crippen LogP contribution in [0.1, 0.15) is 5.56 Å². The van der Waals surface area contributed by atoms with Gasteiger partial charge in [-0.1, -0.05) is 30.3 Å². The third kappa shape index (κ3) is 3.72. The second-order valence-electron chi connectivity index (χ2n) is 5.78. The number of hydrogen-bond donors (Lipinski definition) is 1. The number of nitrogens with zero attached hydrogens (tertiary/aromatic N) is 4. The fourth-order valence-corrected chi connectivity index (χ4v) is 2.62. The Balaban J connectivity index is 1.70. The van der Waals surface area contributed by atoms with Crippen LogP contribution in [0.3, 0.4) is 0 Å². The van der Waals surface area contributed by atoms with E-state index in [0.717, 1.165) is 22.6 Å². The van der Waals surface area contributed by atoms with Crippen molar-refractivity contribution in [3.8, 4) is 22.6 Å². The first-order valence-electron chi connectivity index (χ1n) is 8.36. The van der Waals surface area contributed by atoms with E-state index >= 15 is 0 Å². The summed E-state index contributed by atoms with van der Waals surface area (Å²) < 4.78 is 0. The van der Waals surface area contributed by atoms with Crippen LogP contribution in [0.5, 0.6) is 0 Å². The summed E-state index contributed by atoms with van der Waals surface area (Å²) in [5.41, 5.74) is 3.90. The van der Waals surface area contributed by atoms with Gasteiger partial charge < -0.3 is 5.32 Å². The van der Waals surface area contributed by atoms with Crippen molar-refractivity contribution in [3.05, 3.63) is 91.0 Å². The maximum absolute atomic E-state index is 4.71. The van der Waals surface area contributed by atoms with E-state index in [4.69, 9.17) is 4.98 Å². The van der Waals surface area contributed by atoms with Crippen LogP contribution in [0.4, 0.5) is 5.82 Å². The van der Waals surface area contributed by atoms with Crippen molar-refractivity contribution in [2.75, 3.05) is 5.32 Å². The zero-order valence-corrected chi connectivity index (χ0v) is 14.1. The highest BCUT2D eigenvalue weighted by Gasteiger charge is 2.09. The van der Waals surface area contributed by atoms with E-state index in [1.165, 1.54) is 5.56 Å². The molecule has 0 bridgehead atoms. The van der Waals surface area contributed by atoms with Gasteiger partial charge >= 0.3 is 0 Å². The zero-order chi connectivity index (χ0) is 17.6. The summed E-state index contributed by atoms with van der Waals surface area (Å²) in [6.45, 7) is 0.695. The second-order valence-corrected chi connectivity index (χ2v) is 5.78. The minimum atomic E-state index is 0.657. The number of hydrogen-bond acceptors (Lipinski definition) is 5. The van der Waals surface area contributed by atoms with Crippen LogP contribution in [0.25, 0.3) is 22.6 Å². The Morgan fingerprint density at radius 1 is 0.731 bits per heavy atom. The number of pyridine rings is 2. The quantitative estimate of drug-likeness (QED) is 0.590. The van der Waals surface area contributed by atoms with Gasteiger partial charge in [0.05, 0.1) is 5.69 Å². The molecule has 0 amide bonds. The maximum Gasteiger partial charge on any atom is 0.162 e. The van der Waals surface area contributed by atoms with Crippen LogP contribution >= 0.6 is 0 Å². The molecule has 5 nitrogen and oxygen atoms in total. The van der Waals surface area contributed by atoms with Gasteiger partial charge in [-0.2, -0.15) is 0 Å². The lowest BCUT2D eigenvalue weighted by Crippen LogP contribution is -2.04. The smallest absolute Gasteiger partial charge is 0.162 e. The van der Waals surface area contributed by atoms with Crippen molar-refractivity contribution in [2.24, 2.45) is 0 Å². The lowest BCUT2D eigenvalue weighted by molar-refractivity contribution is 1.09. The van der Waals surface area contributed by atoms with Crippen molar-refractivity contribution < 1.29 is 0 Å². The number of nitrogens with one attached hydrogen (secondary N) is 1. The lowest BCUT2D eigenvalue weighted by atomic mass is 10.2. The zero-order valence-electron chi connectivity index (χ0n) is 14.1. The van der Waals surface area contributed by atoms with Gasteiger partial charge in [-0.25, -0.2) is 9.97 Å². The van der Waals surface area contributed by atoms with Gasteiger partial charge in [-0.15, -0.1) is 0 Å². The van der Waals surface area contributed by atoms with Crippen molar-refractivity contribution in [1.29, 1.82) is 0 Å². The minimum Gasteiger partial charge on any atom is -0.366 e. The molecule has 1 N–H and O–H groups in total. The molecule has 0 aliphatic rings. The van der Waals surface area contributed by atoms with Crippen LogP contribution in [0.2, 0.25) is 0 Å². The highest BCUT2D eigenvalue weighted by atomic mass is 15.0. The van der Waals surface area contributed by atoms with E-state index in [1.807, 2.05) is 48.5 Å². The fraction of sp³-hybridized carbons (Fsp3) is 0.0476. The average molecular weight is 339 g/mol. The first-order valence-corrected chi connectivity index (χ1v) is 8.36. The monoisotopic (exact) mass is 339 g/mol. The van der Waals surface area contributed by atoms with E-state index in [1.54, 1.807) is 24.8 Å². The molecule has 126 valence electrons. The normalized spacial score (nSPS) is 10.5. The molecule has 0 saturated carbocycles. The van der Waals surface area contributed by atoms with Crippen LogP contribution < -0.4 is 5.32 Å². The molecule has 3 aromatic heterocycles. The summed E-state index contributed by atoms with van der Waals surface area (Å²) in [5, 5.41) is 3.39. The molecule has 0 saturated heterocycles. The van der Waals surface area contributed by atoms with Crippen LogP contribution in [-0.4, -0.2) is 19.9 Å². The van der Waals surface area contributed by atoms with Gasteiger partial charge in [-0.05, 0) is 29.8 Å². The lowest BCUT2D eigenvalue weighted by Gasteiger charge is -2.10. The number of anilines is 1. The Morgan fingerprint density at radius 3 is 2.35 bits per heavy atom. The summed E-state index contributed by atoms with van der Waals surface area (Å²) >= 11 is 0. The third-order valence-electron chi connectivity index (χ3n) is 3.94. The van der Waals surface area contributed by atoms with Crippen molar-refractivity contribution in [3.63, 3.8) is 0 Å². The van der Waals surface area contributed by atoms with Gasteiger partial charge in [0.2, 0.25) is 0 Å². The van der Waals surface area contributed by atoms with Crippen LogP contribution in [-0.2, 0) is 6.54 Å². The fourth-order valence-electron chi connectivity index (χ4n) is 2.62. The molecule has 0 spiro atoms. The SMILES string of the molecule is c1ccc(CNc2cc(-c3cccnc3)nc(-c3ccncc3)n2)cc1. The Labute approximate surface area is 151 Å². The number of aromatic nitrogens is 4. The minimum absolute atomic E-state index is 0.657. The molecule has 0 radical (unpaired) electrons. The van der Waals surface area contributed by atoms with E-state index < -0.39 is 0 Å². The van der Waals surface area contributed by atoms with E-state index in [2.05, 4.69) is 32.4 Å². The summed E-state index contributed by atoms with van der Waals surface area (Å²) in [6, 6.07) is 19.9. The van der Waals surface area contributed by atoms with Crippen LogP contribution in [0.15, 0.2) is 85.5 Å². The molecule has 26 heavy (non-hydrogen) atoms. The van der Waals surface area contributed by atoms with Gasteiger partial charge in [-0.3, -0.25) is 9.97 Å². The van der Waals surface area contributed by atoms with Gasteiger partial charge in [0.15, 0.2) is 5.82 Å². The molecule has 0 fully saturated rings. The number of benzene rings is 1. The largest absolute Gasteiger partial charge is 0.366 e. The van der Waals surface area contributed by atoms with Gasteiger partial charge in [0, 0.05) is 48.5 Å². The first-order chi connectivity index (χ1) is 12.9. The predicted octanol–water partition coefficient (Wildman–Crippen LogP) is 4.21. The molecule has 5 heteroatoms. The second kappa shape index (κ2) is 7.53. The Kier molecular flexibility index (Phi) is 4.60. The van der Waals surface area contributed by atoms with Crippen molar-refractivity contribution >= 4 is 5.82 Å². The molecule has 1 aromatic carbocycles. The molecule has 0 aliphatic carbocycles. The molecule has 4 aromatic rings. The number of rotatable bonds is 5. The topological polar surface area (TPSA) is 63.6 Å². The highest BCUT2D eigenvalue weighted by Crippen LogP contribution is 2.23. The predicted molar refractivity (Wildman–Crippen MR) is 102 cm³/mol. The summed E-state index contributed by atoms with van der Waals surface area (Å²) in [6.07, 6.45) is 7.04. The highest BCUT2D eigenvalue weighted by molar-refractivity contribution is 5.66. The Morgan fingerprint density at radius 2 is 1.58 bits per heavy atom. The molecule has 0 aliphatic heterocycles. The van der Waals surface area contributed by atoms with E-state index in [9.17, 15) is 0 Å². The molecule has 0 atom stereocenters. The molecular weight excluding hydrogens is 322 g/mol. The van der Waals surface area contributed by atoms with E-state index in [-0.39, 0.29) is 0 Å². The van der Waals surface area contributed by atoms with E-state index in [0.29, 0.717) is 12.4 Å². The van der Waals surface area contributed by atoms with Crippen molar-refractivity contribution in [1.82, 2.24) is 19.9 Å². The third-order valence-corrected chi connectivity index (χ3v) is 3.94. The molecule has 0 unspecified atom stereocenters. The molecular formula is C21H17N5. The molecule has 4 rings (SSSR count). The molecule has 3 heterocycles. The standard InChI is InChI=1S/C21H17N5/c1-2-5-16(6-3-1)14-24-20-13-19(18-7-4-10-23-15-18)25-21(26-20)17-8-11-22-12-9-17/h1-13,15H,14H2,(H,24,25,26). The van der Waals surface area contributed by atoms with Crippen molar-refractivity contribution in [2.45, 2.75) is 6.54 Å². The maximum atomic E-state index is 4.71. The van der Waals surface area contributed by atoms with Crippen LogP contribution in [0, 0.1) is 0 Å².